The van der Waals surface area contributed by atoms with Crippen LogP contribution in [-0.2, 0) is 9.57 Å². The molecular formula is C16H30N2O4. The first-order chi connectivity index (χ1) is 10.6. The average Bonchev–Trinajstić information content (AvgIpc) is 3.07. The maximum atomic E-state index is 12.5. The summed E-state index contributed by atoms with van der Waals surface area (Å²) in [5.41, 5.74) is 0. The first-order valence-electron chi connectivity index (χ1n) is 8.79. The third-order valence-corrected chi connectivity index (χ3v) is 6.04. The number of fused-ring (bicyclic) bond motifs is 2. The van der Waals surface area contributed by atoms with Crippen LogP contribution in [0.5, 0.6) is 0 Å². The van der Waals surface area contributed by atoms with Gasteiger partial charge in [0.25, 0.3) is 0 Å². The normalized spacial score (nSPS) is 44.2. The minimum atomic E-state index is 0.00150. The Morgan fingerprint density at radius 1 is 1.00 bits per heavy atom. The van der Waals surface area contributed by atoms with Gasteiger partial charge in [0, 0.05) is 25.4 Å². The number of hydrogen-bond acceptors (Lipinski definition) is 4. The Morgan fingerprint density at radius 3 is 2.27 bits per heavy atom. The van der Waals surface area contributed by atoms with Gasteiger partial charge in [-0.25, -0.2) is 10.1 Å². The van der Waals surface area contributed by atoms with Crippen molar-refractivity contribution in [2.45, 2.75) is 63.2 Å². The quantitative estimate of drug-likeness (QED) is 0.660. The molecule has 6 unspecified atom stereocenters. The van der Waals surface area contributed by atoms with E-state index in [4.69, 9.17) is 9.57 Å². The Labute approximate surface area is 132 Å². The van der Waals surface area contributed by atoms with Crippen LogP contribution in [0.25, 0.3) is 0 Å². The van der Waals surface area contributed by atoms with Crippen molar-refractivity contribution in [1.82, 2.24) is 0 Å². The van der Waals surface area contributed by atoms with Crippen LogP contribution in [0, 0.1) is 28.2 Å². The van der Waals surface area contributed by atoms with Crippen LogP contribution < -0.4 is 10.3 Å². The molecule has 2 N–H and O–H groups in total. The van der Waals surface area contributed by atoms with Crippen molar-refractivity contribution in [2.75, 3.05) is 20.7 Å². The summed E-state index contributed by atoms with van der Waals surface area (Å²) < 4.78 is 5.36. The van der Waals surface area contributed by atoms with Crippen LogP contribution in [0.1, 0.15) is 44.9 Å². The minimum Gasteiger partial charge on any atom is -0.634 e. The van der Waals surface area contributed by atoms with Gasteiger partial charge in [0.05, 0.1) is 19.7 Å². The van der Waals surface area contributed by atoms with Crippen LogP contribution in [-0.4, -0.2) is 39.0 Å². The van der Waals surface area contributed by atoms with E-state index in [9.17, 15) is 10.4 Å². The lowest BCUT2D eigenvalue weighted by Crippen LogP contribution is -3.12. The number of quaternary nitrogens is 2. The second kappa shape index (κ2) is 7.11. The number of methoxy groups -OCH3 is 1. The zero-order valence-corrected chi connectivity index (χ0v) is 13.8. The number of hydroxylamine groups is 4. The summed E-state index contributed by atoms with van der Waals surface area (Å²) in [6, 6.07) is 0.0447. The average molecular weight is 314 g/mol. The Bertz CT molecular complexity index is 360. The van der Waals surface area contributed by atoms with Crippen molar-refractivity contribution < 1.29 is 19.9 Å². The van der Waals surface area contributed by atoms with E-state index in [1.807, 2.05) is 0 Å². The van der Waals surface area contributed by atoms with Crippen molar-refractivity contribution in [3.63, 3.8) is 0 Å². The summed E-state index contributed by atoms with van der Waals surface area (Å²) >= 11 is 0. The van der Waals surface area contributed by atoms with Crippen LogP contribution in [0.2, 0.25) is 0 Å². The van der Waals surface area contributed by atoms with Gasteiger partial charge in [0.2, 0.25) is 0 Å². The molecule has 0 aromatic heterocycles. The van der Waals surface area contributed by atoms with E-state index in [0.717, 1.165) is 44.9 Å². The molecule has 3 fully saturated rings. The molecule has 3 aliphatic rings. The topological polar surface area (TPSA) is 73.5 Å². The molecule has 0 saturated heterocycles. The van der Waals surface area contributed by atoms with Crippen molar-refractivity contribution in [3.05, 3.63) is 10.4 Å². The number of ether oxygens (including phenoxy) is 1. The highest BCUT2D eigenvalue weighted by atomic mass is 16.9. The SMILES string of the molecule is COC1CCC(O[NH+]([O-])C2CC3CC(C[NH+](C)[O-])C2C3)CC1. The molecule has 0 radical (unpaired) electrons. The minimum absolute atomic E-state index is 0.00150. The summed E-state index contributed by atoms with van der Waals surface area (Å²) in [6.07, 6.45) is 7.44. The van der Waals surface area contributed by atoms with Gasteiger partial charge in [-0.3, -0.25) is 0 Å². The van der Waals surface area contributed by atoms with Crippen molar-refractivity contribution in [2.24, 2.45) is 17.8 Å². The summed E-state index contributed by atoms with van der Waals surface area (Å²) in [5.74, 6) is 1.44. The first kappa shape index (κ1) is 16.6. The maximum Gasteiger partial charge on any atom is 0.120 e. The molecule has 0 spiro atoms. The van der Waals surface area contributed by atoms with Crippen LogP contribution in [0.15, 0.2) is 0 Å². The summed E-state index contributed by atoms with van der Waals surface area (Å²) in [5, 5.41) is 24.2. The third kappa shape index (κ3) is 3.63. The molecule has 22 heavy (non-hydrogen) atoms. The molecule has 3 rings (SSSR count). The summed E-state index contributed by atoms with van der Waals surface area (Å²) in [4.78, 5) is 5.79. The zero-order valence-electron chi connectivity index (χ0n) is 13.8. The van der Waals surface area contributed by atoms with Crippen molar-refractivity contribution in [1.29, 1.82) is 0 Å². The molecule has 0 aromatic rings. The molecule has 0 aliphatic heterocycles. The highest BCUT2D eigenvalue weighted by Gasteiger charge is 2.51. The molecule has 6 heteroatoms. The molecule has 0 amide bonds. The molecule has 3 saturated carbocycles. The first-order valence-corrected chi connectivity index (χ1v) is 8.79. The molecule has 6 nitrogen and oxygen atoms in total. The predicted molar refractivity (Wildman–Crippen MR) is 81.7 cm³/mol. The molecule has 3 aliphatic carbocycles. The maximum absolute atomic E-state index is 12.5. The van der Waals surface area contributed by atoms with E-state index in [0.29, 0.717) is 30.4 Å². The van der Waals surface area contributed by atoms with Gasteiger partial charge < -0.3 is 20.2 Å². The van der Waals surface area contributed by atoms with Crippen LogP contribution >= 0.6 is 0 Å². The van der Waals surface area contributed by atoms with Crippen LogP contribution in [0.4, 0.5) is 0 Å². The van der Waals surface area contributed by atoms with E-state index in [2.05, 4.69) is 0 Å². The molecule has 0 aromatic carbocycles. The highest BCUT2D eigenvalue weighted by molar-refractivity contribution is 4.95. The second-order valence-corrected chi connectivity index (χ2v) is 7.58. The largest absolute Gasteiger partial charge is 0.634 e. The predicted octanol–water partition coefficient (Wildman–Crippen LogP) is -0.314. The standard InChI is InChI=1S/C16H30N2O4/c1-17(19)10-12-7-11-8-15(12)16(9-11)18(20)22-14-5-3-13(21-2)4-6-14/h11-18H,3-10H2,1-2H3. The van der Waals surface area contributed by atoms with Gasteiger partial charge >= 0.3 is 0 Å². The molecule has 128 valence electrons. The van der Waals surface area contributed by atoms with Crippen LogP contribution in [0.3, 0.4) is 0 Å². The van der Waals surface area contributed by atoms with E-state index >= 15 is 0 Å². The zero-order chi connectivity index (χ0) is 15.7. The fourth-order valence-corrected chi connectivity index (χ4v) is 5.01. The Morgan fingerprint density at radius 2 is 1.68 bits per heavy atom. The summed E-state index contributed by atoms with van der Waals surface area (Å²) in [6.45, 7) is 0.643. The van der Waals surface area contributed by atoms with E-state index in [1.54, 1.807) is 14.2 Å². The fourth-order valence-electron chi connectivity index (χ4n) is 5.01. The van der Waals surface area contributed by atoms with Gasteiger partial charge in [0.15, 0.2) is 0 Å². The number of rotatable bonds is 6. The van der Waals surface area contributed by atoms with Gasteiger partial charge in [-0.2, -0.15) is 0 Å². The van der Waals surface area contributed by atoms with E-state index in [-0.39, 0.29) is 22.4 Å². The lowest BCUT2D eigenvalue weighted by atomic mass is 9.85. The lowest BCUT2D eigenvalue weighted by Gasteiger charge is -2.38. The molecule has 0 heterocycles. The van der Waals surface area contributed by atoms with Crippen molar-refractivity contribution >= 4 is 0 Å². The Balaban J connectivity index is 1.49. The summed E-state index contributed by atoms with van der Waals surface area (Å²) in [7, 11) is 3.41. The number of nitrogens with one attached hydrogen (secondary N) is 2. The monoisotopic (exact) mass is 314 g/mol. The fraction of sp³-hybridized carbons (Fsp3) is 1.00. The van der Waals surface area contributed by atoms with Gasteiger partial charge in [0.1, 0.15) is 12.1 Å². The Hall–Kier alpha value is -0.240. The lowest BCUT2D eigenvalue weighted by molar-refractivity contribution is -1.08. The Kier molecular flexibility index (Phi) is 5.37. The second-order valence-electron chi connectivity index (χ2n) is 7.58. The molecular weight excluding hydrogens is 284 g/mol. The highest BCUT2D eigenvalue weighted by Crippen LogP contribution is 2.47. The molecule has 6 atom stereocenters. The smallest absolute Gasteiger partial charge is 0.120 e. The van der Waals surface area contributed by atoms with Gasteiger partial charge in [-0.05, 0) is 44.4 Å². The van der Waals surface area contributed by atoms with E-state index in [1.165, 1.54) is 0 Å². The van der Waals surface area contributed by atoms with E-state index < -0.39 is 0 Å². The van der Waals surface area contributed by atoms with Gasteiger partial charge in [-0.1, -0.05) is 0 Å². The third-order valence-electron chi connectivity index (χ3n) is 6.04. The molecule has 2 bridgehead atoms. The van der Waals surface area contributed by atoms with Gasteiger partial charge in [-0.15, -0.1) is 0 Å². The van der Waals surface area contributed by atoms with Crippen molar-refractivity contribution in [3.8, 4) is 0 Å². The number of hydrogen-bond donors (Lipinski definition) is 2.